The molecule has 4 rings (SSSR count). The topological polar surface area (TPSA) is 50.4 Å². The zero-order valence-electron chi connectivity index (χ0n) is 16.9. The van der Waals surface area contributed by atoms with Crippen LogP contribution < -0.4 is 15.4 Å². The van der Waals surface area contributed by atoms with Crippen molar-refractivity contribution >= 4 is 28.9 Å². The van der Waals surface area contributed by atoms with Crippen LogP contribution in [0.5, 0.6) is 5.75 Å². The van der Waals surface area contributed by atoms with Crippen molar-refractivity contribution in [2.45, 2.75) is 0 Å². The summed E-state index contributed by atoms with van der Waals surface area (Å²) < 4.78 is 5.08. The first-order valence-corrected chi connectivity index (χ1v) is 9.82. The number of anilines is 1. The van der Waals surface area contributed by atoms with Crippen molar-refractivity contribution in [3.05, 3.63) is 123 Å². The minimum atomic E-state index is -0.271. The molecule has 2 saturated carbocycles. The molecule has 2 aromatic rings. The zero-order chi connectivity index (χ0) is 21.2. The predicted molar refractivity (Wildman–Crippen MR) is 124 cm³/mol. The van der Waals surface area contributed by atoms with E-state index >= 15 is 0 Å². The summed E-state index contributed by atoms with van der Waals surface area (Å²) in [5, 5.41) is 5.97. The summed E-state index contributed by atoms with van der Waals surface area (Å²) in [4.78, 5) is 12.2. The second kappa shape index (κ2) is 13.5. The second-order valence-corrected chi connectivity index (χ2v) is 6.76. The van der Waals surface area contributed by atoms with Gasteiger partial charge in [-0.15, -0.1) is 0 Å². The largest absolute Gasteiger partial charge is 2.00 e. The number of carbonyl (C=O) groups is 1. The minimum absolute atomic E-state index is 0. The molecule has 0 bridgehead atoms. The Morgan fingerprint density at radius 1 is 0.871 bits per heavy atom. The Morgan fingerprint density at radius 3 is 2.06 bits per heavy atom. The molecule has 31 heavy (non-hydrogen) atoms. The molecular weight excluding hydrogens is 448 g/mol. The molecule has 0 heterocycles. The normalized spacial score (nSPS) is 15.3. The molecule has 1 amide bonds. The fourth-order valence-corrected chi connectivity index (χ4v) is 2.95. The molecule has 4 nitrogen and oxygen atoms in total. The maximum absolute atomic E-state index is 12.2. The molecule has 156 valence electrons. The maximum Gasteiger partial charge on any atom is 2.00 e. The molecule has 0 atom stereocenters. The van der Waals surface area contributed by atoms with Gasteiger partial charge in [0.1, 0.15) is 5.75 Å². The maximum atomic E-state index is 12.2. The van der Waals surface area contributed by atoms with Gasteiger partial charge >= 0.3 is 17.1 Å². The molecule has 0 unspecified atom stereocenters. The van der Waals surface area contributed by atoms with Gasteiger partial charge in [-0.2, -0.15) is 0 Å². The van der Waals surface area contributed by atoms with Crippen molar-refractivity contribution in [1.82, 2.24) is 5.32 Å². The Bertz CT molecular complexity index is 824. The van der Waals surface area contributed by atoms with Gasteiger partial charge in [0.2, 0.25) is 0 Å². The van der Waals surface area contributed by atoms with Crippen LogP contribution in [-0.2, 0) is 17.1 Å². The van der Waals surface area contributed by atoms with E-state index in [1.807, 2.05) is 82.1 Å². The summed E-state index contributed by atoms with van der Waals surface area (Å²) in [6.07, 6.45) is 18.1. The number of methoxy groups -OCH3 is 1. The fraction of sp³-hybridized carbons (Fsp3) is 0.0400. The van der Waals surface area contributed by atoms with Gasteiger partial charge in [-0.1, -0.05) is 12.1 Å². The molecule has 10 radical (unpaired) electrons. The van der Waals surface area contributed by atoms with E-state index in [1.165, 1.54) is 0 Å². The van der Waals surface area contributed by atoms with Crippen LogP contribution in [0.1, 0.15) is 15.9 Å². The molecule has 2 fully saturated rings. The van der Waals surface area contributed by atoms with E-state index in [0.29, 0.717) is 11.3 Å². The van der Waals surface area contributed by atoms with Crippen LogP contribution in [0.3, 0.4) is 0 Å². The molecule has 0 aliphatic heterocycles. The van der Waals surface area contributed by atoms with Crippen molar-refractivity contribution in [1.29, 1.82) is 0 Å². The first kappa shape index (κ1) is 25.4. The molecule has 2 N–H and O–H groups in total. The Balaban J connectivity index is 0.000000501. The van der Waals surface area contributed by atoms with E-state index in [-0.39, 0.29) is 28.1 Å². The van der Waals surface area contributed by atoms with E-state index in [0.717, 1.165) is 17.2 Å². The van der Waals surface area contributed by atoms with Gasteiger partial charge in [0, 0.05) is 17.2 Å². The third kappa shape index (κ3) is 8.29. The van der Waals surface area contributed by atoms with Gasteiger partial charge in [-0.3, -0.25) is 10.1 Å². The van der Waals surface area contributed by atoms with Gasteiger partial charge in [0.15, 0.2) is 5.11 Å². The molecule has 0 saturated heterocycles. The van der Waals surface area contributed by atoms with Crippen LogP contribution in [0.25, 0.3) is 0 Å². The van der Waals surface area contributed by atoms with Crippen LogP contribution in [0.2, 0.25) is 0 Å². The van der Waals surface area contributed by atoms with Crippen molar-refractivity contribution in [3.8, 4) is 5.75 Å². The Kier molecular flexibility index (Phi) is 11.1. The zero-order valence-corrected chi connectivity index (χ0v) is 18.8. The van der Waals surface area contributed by atoms with E-state index in [4.69, 9.17) is 17.0 Å². The number of amides is 1. The Morgan fingerprint density at radius 2 is 1.48 bits per heavy atom. The first-order chi connectivity index (χ1) is 14.7. The number of ether oxygens (including phenoxy) is 1. The molecule has 0 aromatic heterocycles. The summed E-state index contributed by atoms with van der Waals surface area (Å²) in [5.74, 6) is 1.56. The number of carbonyl (C=O) groups excluding carboxylic acids is 1. The molecule has 2 aliphatic carbocycles. The standard InChI is InChI=1S/C20H17N2O2S.C5H5.Fe/c1-24-18-11-9-15(10-12-18)19(23)22-20(25)21-17-8-4-7-16(13-17)14-5-2-3-6-14;1-2-4-5-3-1;/h2-13H,1H3,(H2,21,22,23,25);1-5H;/q;;+2. The summed E-state index contributed by atoms with van der Waals surface area (Å²) >= 11 is 5.24. The summed E-state index contributed by atoms with van der Waals surface area (Å²) in [5.41, 5.74) is 2.41. The third-order valence-corrected chi connectivity index (χ3v) is 4.46. The summed E-state index contributed by atoms with van der Waals surface area (Å²) in [6.45, 7) is 0. The molecule has 0 spiro atoms. The van der Waals surface area contributed by atoms with E-state index in [2.05, 4.69) is 10.6 Å². The molecule has 2 aromatic carbocycles. The quantitative estimate of drug-likeness (QED) is 0.507. The number of hydrogen-bond donors (Lipinski definition) is 2. The van der Waals surface area contributed by atoms with Crippen molar-refractivity contribution in [3.63, 3.8) is 0 Å². The Labute approximate surface area is 202 Å². The average molecular weight is 470 g/mol. The van der Waals surface area contributed by atoms with Crippen LogP contribution in [0.15, 0.2) is 48.5 Å². The number of rotatable bonds is 4. The monoisotopic (exact) mass is 470 g/mol. The van der Waals surface area contributed by atoms with Crippen LogP contribution >= 0.6 is 12.2 Å². The molecular formula is C25H22FeN2O2S+2. The number of nitrogens with one attached hydrogen (secondary N) is 2. The van der Waals surface area contributed by atoms with E-state index in [1.54, 1.807) is 31.4 Å². The summed E-state index contributed by atoms with van der Waals surface area (Å²) in [6, 6.07) is 14.7. The van der Waals surface area contributed by atoms with Crippen molar-refractivity contribution in [2.75, 3.05) is 12.4 Å². The van der Waals surface area contributed by atoms with E-state index in [9.17, 15) is 4.79 Å². The van der Waals surface area contributed by atoms with Crippen LogP contribution in [0.4, 0.5) is 5.69 Å². The van der Waals surface area contributed by atoms with Crippen LogP contribution in [0, 0.1) is 63.7 Å². The minimum Gasteiger partial charge on any atom is -0.497 e. The van der Waals surface area contributed by atoms with Crippen molar-refractivity contribution < 1.29 is 26.6 Å². The number of thiocarbonyl (C=S) groups is 1. The fourth-order valence-electron chi connectivity index (χ4n) is 2.74. The van der Waals surface area contributed by atoms with Gasteiger partial charge in [-0.05, 0) is 112 Å². The van der Waals surface area contributed by atoms with Gasteiger partial charge in [-0.25, -0.2) is 0 Å². The number of hydrogen-bond acceptors (Lipinski definition) is 3. The van der Waals surface area contributed by atoms with Crippen molar-refractivity contribution in [2.24, 2.45) is 0 Å². The first-order valence-electron chi connectivity index (χ1n) is 9.41. The van der Waals surface area contributed by atoms with Gasteiger partial charge in [0.25, 0.3) is 5.91 Å². The van der Waals surface area contributed by atoms with Crippen LogP contribution in [-0.4, -0.2) is 18.1 Å². The summed E-state index contributed by atoms with van der Waals surface area (Å²) in [7, 11) is 1.58. The third-order valence-electron chi connectivity index (χ3n) is 4.25. The van der Waals surface area contributed by atoms with Gasteiger partial charge in [0.05, 0.1) is 7.11 Å². The SMILES string of the molecule is COc1ccc(C(=O)NC(=S)Nc2cccc([C]3[CH][CH][CH][CH]3)c2)cc1.[CH]1[CH][CH][CH][CH]1.[Fe+2]. The molecule has 2 aliphatic rings. The predicted octanol–water partition coefficient (Wildman–Crippen LogP) is 4.59. The average Bonchev–Trinajstić information content (AvgIpc) is 3.50. The number of benzene rings is 2. The Hall–Kier alpha value is -1.88. The second-order valence-electron chi connectivity index (χ2n) is 6.35. The van der Waals surface area contributed by atoms with E-state index < -0.39 is 0 Å². The van der Waals surface area contributed by atoms with Gasteiger partial charge < -0.3 is 10.1 Å². The smallest absolute Gasteiger partial charge is 0.497 e. The molecule has 6 heteroatoms.